The van der Waals surface area contributed by atoms with E-state index < -0.39 is 0 Å². The summed E-state index contributed by atoms with van der Waals surface area (Å²) < 4.78 is 0. The molecule has 0 fully saturated rings. The van der Waals surface area contributed by atoms with Crippen LogP contribution in [0.4, 0.5) is 0 Å². The van der Waals surface area contributed by atoms with Crippen LogP contribution in [0.25, 0.3) is 0 Å². The highest BCUT2D eigenvalue weighted by Gasteiger charge is 2.07. The van der Waals surface area contributed by atoms with Crippen molar-refractivity contribution in [2.45, 2.75) is 32.9 Å². The van der Waals surface area contributed by atoms with E-state index in [-0.39, 0.29) is 0 Å². The number of thiazole rings is 1. The maximum absolute atomic E-state index is 6.17. The van der Waals surface area contributed by atoms with Gasteiger partial charge in [0.1, 0.15) is 0 Å². The lowest BCUT2D eigenvalue weighted by molar-refractivity contribution is 0.582. The summed E-state index contributed by atoms with van der Waals surface area (Å²) in [5.74, 6) is 0. The Bertz CT molecular complexity index is 552. The fourth-order valence-electron chi connectivity index (χ4n) is 1.65. The Hall–Kier alpha value is -0.610. The molecule has 2 nitrogen and oxygen atoms in total. The van der Waals surface area contributed by atoms with Crippen LogP contribution in [0.15, 0.2) is 23.6 Å². The normalized spacial score (nSPS) is 11.2. The molecule has 2 rings (SSSR count). The Balaban J connectivity index is 2.03. The summed E-state index contributed by atoms with van der Waals surface area (Å²) in [7, 11) is 0. The van der Waals surface area contributed by atoms with Crippen LogP contribution in [0.3, 0.4) is 0 Å². The summed E-state index contributed by atoms with van der Waals surface area (Å²) in [5, 5.41) is 7.88. The first kappa shape index (κ1) is 14.8. The van der Waals surface area contributed by atoms with Gasteiger partial charge in [-0.1, -0.05) is 43.1 Å². The number of benzene rings is 1. The van der Waals surface area contributed by atoms with Crippen LogP contribution in [-0.4, -0.2) is 11.0 Å². The Morgan fingerprint density at radius 3 is 2.79 bits per heavy atom. The fourth-order valence-corrected chi connectivity index (χ4v) is 2.94. The smallest absolute Gasteiger partial charge is 0.0973 e. The number of nitrogens with zero attached hydrogens (tertiary/aromatic N) is 1. The first-order valence-electron chi connectivity index (χ1n) is 6.15. The summed E-state index contributed by atoms with van der Waals surface area (Å²) in [5.41, 5.74) is 2.14. The molecule has 0 saturated carbocycles. The lowest BCUT2D eigenvalue weighted by Crippen LogP contribution is -2.21. The van der Waals surface area contributed by atoms with E-state index in [9.17, 15) is 0 Å². The Kier molecular flexibility index (Phi) is 5.22. The van der Waals surface area contributed by atoms with Gasteiger partial charge in [-0.25, -0.2) is 4.98 Å². The highest BCUT2D eigenvalue weighted by atomic mass is 35.5. The van der Waals surface area contributed by atoms with Crippen molar-refractivity contribution in [3.8, 4) is 0 Å². The predicted molar refractivity (Wildman–Crippen MR) is 83.4 cm³/mol. The topological polar surface area (TPSA) is 24.9 Å². The van der Waals surface area contributed by atoms with E-state index in [1.165, 1.54) is 0 Å². The summed E-state index contributed by atoms with van der Waals surface area (Å²) in [6, 6.07) is 6.05. The van der Waals surface area contributed by atoms with Gasteiger partial charge in [-0.3, -0.25) is 0 Å². The lowest BCUT2D eigenvalue weighted by Gasteiger charge is -2.05. The van der Waals surface area contributed by atoms with Crippen LogP contribution < -0.4 is 5.32 Å². The van der Waals surface area contributed by atoms with Crippen molar-refractivity contribution in [1.82, 2.24) is 10.3 Å². The molecule has 1 N–H and O–H groups in total. The first-order valence-corrected chi connectivity index (χ1v) is 7.78. The molecular formula is C14H16Cl2N2S. The molecule has 0 radical (unpaired) electrons. The molecule has 5 heteroatoms. The van der Waals surface area contributed by atoms with Crippen molar-refractivity contribution in [2.24, 2.45) is 0 Å². The minimum Gasteiger partial charge on any atom is -0.309 e. The number of halogens is 2. The molecule has 102 valence electrons. The van der Waals surface area contributed by atoms with Crippen molar-refractivity contribution in [2.75, 3.05) is 0 Å². The highest BCUT2D eigenvalue weighted by Crippen LogP contribution is 2.24. The minimum atomic E-state index is 0.468. The van der Waals surface area contributed by atoms with Gasteiger partial charge in [0.2, 0.25) is 0 Å². The van der Waals surface area contributed by atoms with Gasteiger partial charge in [-0.2, -0.15) is 0 Å². The average Bonchev–Trinajstić information content (AvgIpc) is 2.78. The van der Waals surface area contributed by atoms with E-state index in [1.54, 1.807) is 17.4 Å². The van der Waals surface area contributed by atoms with Gasteiger partial charge in [-0.15, -0.1) is 11.3 Å². The van der Waals surface area contributed by atoms with Crippen LogP contribution >= 0.6 is 34.5 Å². The summed E-state index contributed by atoms with van der Waals surface area (Å²) in [6.07, 6.45) is 0.752. The molecule has 19 heavy (non-hydrogen) atoms. The molecule has 0 saturated heterocycles. The van der Waals surface area contributed by atoms with Crippen molar-refractivity contribution in [1.29, 1.82) is 0 Å². The molecule has 0 spiro atoms. The molecule has 1 heterocycles. The number of hydrogen-bond acceptors (Lipinski definition) is 3. The van der Waals surface area contributed by atoms with Gasteiger partial charge in [0.05, 0.1) is 10.7 Å². The van der Waals surface area contributed by atoms with Gasteiger partial charge in [0.15, 0.2) is 0 Å². The molecule has 0 aliphatic rings. The zero-order valence-corrected chi connectivity index (χ0v) is 13.2. The molecule has 0 bridgehead atoms. The maximum Gasteiger partial charge on any atom is 0.0973 e. The van der Waals surface area contributed by atoms with Crippen molar-refractivity contribution >= 4 is 34.5 Å². The molecule has 1 aromatic heterocycles. The SMILES string of the molecule is CC(C)NCc1csc(Cc2ccc(Cl)cc2Cl)n1. The number of nitrogens with one attached hydrogen (secondary N) is 1. The fraction of sp³-hybridized carbons (Fsp3) is 0.357. The number of hydrogen-bond donors (Lipinski definition) is 1. The second-order valence-corrected chi connectivity index (χ2v) is 6.47. The van der Waals surface area contributed by atoms with E-state index >= 15 is 0 Å². The van der Waals surface area contributed by atoms with Crippen LogP contribution in [0, 0.1) is 0 Å². The largest absolute Gasteiger partial charge is 0.309 e. The summed E-state index contributed by atoms with van der Waals surface area (Å²) in [6.45, 7) is 5.06. The summed E-state index contributed by atoms with van der Waals surface area (Å²) >= 11 is 13.7. The molecule has 0 amide bonds. The van der Waals surface area contributed by atoms with Gasteiger partial charge in [0, 0.05) is 34.4 Å². The molecule has 0 aliphatic carbocycles. The predicted octanol–water partition coefficient (Wildman–Crippen LogP) is 4.54. The van der Waals surface area contributed by atoms with E-state index in [4.69, 9.17) is 23.2 Å². The second-order valence-electron chi connectivity index (χ2n) is 4.68. The number of rotatable bonds is 5. The van der Waals surface area contributed by atoms with Gasteiger partial charge >= 0.3 is 0 Å². The van der Waals surface area contributed by atoms with Crippen LogP contribution in [0.5, 0.6) is 0 Å². The van der Waals surface area contributed by atoms with E-state index in [2.05, 4.69) is 29.5 Å². The van der Waals surface area contributed by atoms with Gasteiger partial charge in [-0.05, 0) is 17.7 Å². The van der Waals surface area contributed by atoms with Crippen LogP contribution in [0.2, 0.25) is 10.0 Å². The molecule has 1 aromatic carbocycles. The van der Waals surface area contributed by atoms with Crippen molar-refractivity contribution < 1.29 is 0 Å². The number of aromatic nitrogens is 1. The van der Waals surface area contributed by atoms with E-state index in [0.717, 1.165) is 29.2 Å². The Morgan fingerprint density at radius 1 is 1.32 bits per heavy atom. The average molecular weight is 315 g/mol. The quantitative estimate of drug-likeness (QED) is 0.876. The van der Waals surface area contributed by atoms with Gasteiger partial charge < -0.3 is 5.32 Å². The van der Waals surface area contributed by atoms with Crippen molar-refractivity contribution in [3.05, 3.63) is 49.9 Å². The third-order valence-electron chi connectivity index (χ3n) is 2.65. The molecule has 0 aliphatic heterocycles. The molecular weight excluding hydrogens is 299 g/mol. The molecule has 2 aromatic rings. The zero-order chi connectivity index (χ0) is 13.8. The van der Waals surface area contributed by atoms with Gasteiger partial charge in [0.25, 0.3) is 0 Å². The van der Waals surface area contributed by atoms with Crippen LogP contribution in [0.1, 0.15) is 30.1 Å². The standard InChI is InChI=1S/C14H16Cl2N2S/c1-9(2)17-7-12-8-19-14(18-12)5-10-3-4-11(15)6-13(10)16/h3-4,6,8-9,17H,5,7H2,1-2H3. The molecule has 0 atom stereocenters. The van der Waals surface area contributed by atoms with Crippen LogP contribution in [-0.2, 0) is 13.0 Å². The highest BCUT2D eigenvalue weighted by molar-refractivity contribution is 7.09. The maximum atomic E-state index is 6.17. The second kappa shape index (κ2) is 6.71. The summed E-state index contributed by atoms with van der Waals surface area (Å²) in [4.78, 5) is 4.61. The monoisotopic (exact) mass is 314 g/mol. The van der Waals surface area contributed by atoms with Crippen molar-refractivity contribution in [3.63, 3.8) is 0 Å². The third kappa shape index (κ3) is 4.46. The minimum absolute atomic E-state index is 0.468. The zero-order valence-electron chi connectivity index (χ0n) is 10.9. The molecule has 0 unspecified atom stereocenters. The first-order chi connectivity index (χ1) is 9.04. The lowest BCUT2D eigenvalue weighted by atomic mass is 10.1. The van der Waals surface area contributed by atoms with E-state index in [0.29, 0.717) is 16.1 Å². The van der Waals surface area contributed by atoms with E-state index in [1.807, 2.05) is 12.1 Å². The third-order valence-corrected chi connectivity index (χ3v) is 4.13. The Morgan fingerprint density at radius 2 is 2.11 bits per heavy atom. The Labute approximate surface area is 127 Å².